The Bertz CT molecular complexity index is 968. The highest BCUT2D eigenvalue weighted by atomic mass is 16.5. The molecule has 1 aliphatic heterocycles. The maximum atomic E-state index is 9.25. The number of pyridine rings is 1. The SMILES string of the molecule is Cc1cccc(-c2nc3cc(C)ccc3cc2CN2CCOC(CCO)C2)c1. The molecule has 1 fully saturated rings. The molecule has 1 N–H and O–H groups in total. The van der Waals surface area contributed by atoms with E-state index in [4.69, 9.17) is 9.72 Å². The van der Waals surface area contributed by atoms with E-state index in [0.29, 0.717) is 13.0 Å². The van der Waals surface area contributed by atoms with Gasteiger partial charge in [0, 0.05) is 37.2 Å². The summed E-state index contributed by atoms with van der Waals surface area (Å²) in [6.45, 7) is 7.70. The van der Waals surface area contributed by atoms with Crippen LogP contribution in [-0.2, 0) is 11.3 Å². The fourth-order valence-electron chi connectivity index (χ4n) is 3.97. The van der Waals surface area contributed by atoms with Gasteiger partial charge in [-0.15, -0.1) is 0 Å². The lowest BCUT2D eigenvalue weighted by atomic mass is 10.0. The number of benzene rings is 2. The number of nitrogens with zero attached hydrogens (tertiary/aromatic N) is 2. The maximum absolute atomic E-state index is 9.25. The van der Waals surface area contributed by atoms with E-state index < -0.39 is 0 Å². The number of aliphatic hydroxyl groups excluding tert-OH is 1. The lowest BCUT2D eigenvalue weighted by Gasteiger charge is -2.33. The first kappa shape index (κ1) is 19.1. The van der Waals surface area contributed by atoms with Crippen molar-refractivity contribution in [3.63, 3.8) is 0 Å². The van der Waals surface area contributed by atoms with Crippen molar-refractivity contribution >= 4 is 10.9 Å². The molecule has 4 rings (SSSR count). The van der Waals surface area contributed by atoms with E-state index in [2.05, 4.69) is 67.3 Å². The van der Waals surface area contributed by atoms with Crippen LogP contribution in [0.1, 0.15) is 23.1 Å². The van der Waals surface area contributed by atoms with Gasteiger partial charge in [-0.2, -0.15) is 0 Å². The topological polar surface area (TPSA) is 45.6 Å². The smallest absolute Gasteiger partial charge is 0.0754 e. The largest absolute Gasteiger partial charge is 0.396 e. The number of ether oxygens (including phenoxy) is 1. The molecule has 1 aliphatic rings. The van der Waals surface area contributed by atoms with Crippen molar-refractivity contribution in [2.24, 2.45) is 0 Å². The molecule has 28 heavy (non-hydrogen) atoms. The molecular weight excluding hydrogens is 348 g/mol. The summed E-state index contributed by atoms with van der Waals surface area (Å²) in [6.07, 6.45) is 0.800. The van der Waals surface area contributed by atoms with Gasteiger partial charge in [-0.25, -0.2) is 4.98 Å². The monoisotopic (exact) mass is 376 g/mol. The zero-order chi connectivity index (χ0) is 19.5. The Hall–Kier alpha value is -2.27. The molecule has 1 unspecified atom stereocenters. The zero-order valence-electron chi connectivity index (χ0n) is 16.7. The molecule has 1 saturated heterocycles. The number of fused-ring (bicyclic) bond motifs is 1. The summed E-state index contributed by atoms with van der Waals surface area (Å²) >= 11 is 0. The molecule has 0 aliphatic carbocycles. The van der Waals surface area contributed by atoms with Gasteiger partial charge < -0.3 is 9.84 Å². The summed E-state index contributed by atoms with van der Waals surface area (Å²) in [6, 6.07) is 17.3. The summed E-state index contributed by atoms with van der Waals surface area (Å²) < 4.78 is 5.78. The molecule has 2 aromatic carbocycles. The Morgan fingerprint density at radius 2 is 1.96 bits per heavy atom. The predicted molar refractivity (Wildman–Crippen MR) is 113 cm³/mol. The van der Waals surface area contributed by atoms with E-state index in [1.54, 1.807) is 0 Å². The Morgan fingerprint density at radius 3 is 2.79 bits per heavy atom. The number of aromatic nitrogens is 1. The lowest BCUT2D eigenvalue weighted by molar-refractivity contribution is -0.0406. The average Bonchev–Trinajstić information content (AvgIpc) is 2.68. The number of hydrogen-bond acceptors (Lipinski definition) is 4. The highest BCUT2D eigenvalue weighted by Gasteiger charge is 2.21. The first-order valence-corrected chi connectivity index (χ1v) is 10.0. The van der Waals surface area contributed by atoms with Gasteiger partial charge in [-0.1, -0.05) is 35.9 Å². The van der Waals surface area contributed by atoms with Gasteiger partial charge in [0.2, 0.25) is 0 Å². The zero-order valence-corrected chi connectivity index (χ0v) is 16.7. The number of aliphatic hydroxyl groups is 1. The third-order valence-corrected chi connectivity index (χ3v) is 5.41. The number of rotatable bonds is 5. The minimum atomic E-state index is 0.109. The van der Waals surface area contributed by atoms with Crippen molar-refractivity contribution in [3.05, 3.63) is 65.2 Å². The second kappa shape index (κ2) is 8.39. The first-order valence-electron chi connectivity index (χ1n) is 10.0. The van der Waals surface area contributed by atoms with Crippen LogP contribution in [0.5, 0.6) is 0 Å². The standard InChI is InChI=1S/C24H28N2O2/c1-17-4-3-5-20(12-17)24-21(14-19-7-6-18(2)13-23(19)25-24)15-26-9-11-28-22(16-26)8-10-27/h3-7,12-14,22,27H,8-11,15-16H2,1-2H3. The van der Waals surface area contributed by atoms with E-state index >= 15 is 0 Å². The van der Waals surface area contributed by atoms with E-state index in [1.165, 1.54) is 27.6 Å². The van der Waals surface area contributed by atoms with Gasteiger partial charge in [0.1, 0.15) is 0 Å². The van der Waals surface area contributed by atoms with E-state index in [1.807, 2.05) is 0 Å². The summed E-state index contributed by atoms with van der Waals surface area (Å²) in [5, 5.41) is 10.4. The van der Waals surface area contributed by atoms with Crippen molar-refractivity contribution in [3.8, 4) is 11.3 Å². The lowest BCUT2D eigenvalue weighted by Crippen LogP contribution is -2.42. The summed E-state index contributed by atoms with van der Waals surface area (Å²) in [4.78, 5) is 7.49. The predicted octanol–water partition coefficient (Wildman–Crippen LogP) is 4.10. The first-order chi connectivity index (χ1) is 13.6. The molecule has 146 valence electrons. The Labute approximate surface area is 166 Å². The minimum absolute atomic E-state index is 0.109. The molecule has 1 aromatic heterocycles. The minimum Gasteiger partial charge on any atom is -0.396 e. The van der Waals surface area contributed by atoms with Crippen LogP contribution >= 0.6 is 0 Å². The van der Waals surface area contributed by atoms with Gasteiger partial charge in [0.05, 0.1) is 23.9 Å². The van der Waals surface area contributed by atoms with Crippen molar-refractivity contribution in [1.29, 1.82) is 0 Å². The molecule has 0 spiro atoms. The van der Waals surface area contributed by atoms with Crippen molar-refractivity contribution in [2.75, 3.05) is 26.3 Å². The van der Waals surface area contributed by atoms with Gasteiger partial charge in [-0.05, 0) is 49.6 Å². The highest BCUT2D eigenvalue weighted by Crippen LogP contribution is 2.28. The fourth-order valence-corrected chi connectivity index (χ4v) is 3.97. The van der Waals surface area contributed by atoms with Gasteiger partial charge in [-0.3, -0.25) is 4.90 Å². The van der Waals surface area contributed by atoms with Crippen LogP contribution < -0.4 is 0 Å². The van der Waals surface area contributed by atoms with Crippen LogP contribution in [0.2, 0.25) is 0 Å². The van der Waals surface area contributed by atoms with Crippen LogP contribution in [0.15, 0.2) is 48.5 Å². The van der Waals surface area contributed by atoms with Crippen molar-refractivity contribution < 1.29 is 9.84 Å². The summed E-state index contributed by atoms with van der Waals surface area (Å²) in [7, 11) is 0. The third-order valence-electron chi connectivity index (χ3n) is 5.41. The molecule has 4 heteroatoms. The van der Waals surface area contributed by atoms with E-state index in [9.17, 15) is 5.11 Å². The normalized spacial score (nSPS) is 17.9. The quantitative estimate of drug-likeness (QED) is 0.728. The van der Waals surface area contributed by atoms with Crippen LogP contribution in [0.4, 0.5) is 0 Å². The molecule has 0 bridgehead atoms. The second-order valence-electron chi connectivity index (χ2n) is 7.80. The van der Waals surface area contributed by atoms with Crippen LogP contribution in [0, 0.1) is 13.8 Å². The molecule has 0 radical (unpaired) electrons. The van der Waals surface area contributed by atoms with Crippen molar-refractivity contribution in [2.45, 2.75) is 32.9 Å². The average molecular weight is 377 g/mol. The molecule has 2 heterocycles. The van der Waals surface area contributed by atoms with Gasteiger partial charge in [0.25, 0.3) is 0 Å². The Balaban J connectivity index is 1.73. The highest BCUT2D eigenvalue weighted by molar-refractivity contribution is 5.84. The van der Waals surface area contributed by atoms with Crippen LogP contribution in [0.25, 0.3) is 22.2 Å². The van der Waals surface area contributed by atoms with E-state index in [-0.39, 0.29) is 12.7 Å². The third kappa shape index (κ3) is 4.25. The van der Waals surface area contributed by atoms with E-state index in [0.717, 1.165) is 30.8 Å². The maximum Gasteiger partial charge on any atom is 0.0754 e. The number of aryl methyl sites for hydroxylation is 2. The summed E-state index contributed by atoms with van der Waals surface area (Å²) in [5.74, 6) is 0. The summed E-state index contributed by atoms with van der Waals surface area (Å²) in [5.41, 5.74) is 6.98. The molecule has 3 aromatic rings. The van der Waals surface area contributed by atoms with Gasteiger partial charge in [0.15, 0.2) is 0 Å². The molecule has 0 amide bonds. The second-order valence-corrected chi connectivity index (χ2v) is 7.80. The van der Waals surface area contributed by atoms with Crippen LogP contribution in [0.3, 0.4) is 0 Å². The molecule has 4 nitrogen and oxygen atoms in total. The van der Waals surface area contributed by atoms with Gasteiger partial charge >= 0.3 is 0 Å². The molecular formula is C24H28N2O2. The number of hydrogen-bond donors (Lipinski definition) is 1. The number of morpholine rings is 1. The fraction of sp³-hybridized carbons (Fsp3) is 0.375. The Kier molecular flexibility index (Phi) is 5.72. The van der Waals surface area contributed by atoms with Crippen LogP contribution in [-0.4, -0.2) is 47.4 Å². The Morgan fingerprint density at radius 1 is 1.11 bits per heavy atom. The molecule has 1 atom stereocenters. The van der Waals surface area contributed by atoms with Crippen molar-refractivity contribution in [1.82, 2.24) is 9.88 Å². The molecule has 0 saturated carbocycles.